The molecule has 0 spiro atoms. The number of nitrogens with one attached hydrogen (secondary N) is 1. The fraction of sp³-hybridized carbons (Fsp3) is 0.571. The van der Waals surface area contributed by atoms with Crippen molar-refractivity contribution in [3.8, 4) is 0 Å². The third-order valence-corrected chi connectivity index (χ3v) is 3.80. The van der Waals surface area contributed by atoms with Crippen molar-refractivity contribution in [1.82, 2.24) is 5.32 Å². The van der Waals surface area contributed by atoms with E-state index in [2.05, 4.69) is 19.2 Å². The molecule has 1 atom stereocenters. The fourth-order valence-corrected chi connectivity index (χ4v) is 2.61. The van der Waals surface area contributed by atoms with E-state index < -0.39 is 11.7 Å². The average molecular weight is 307 g/mol. The predicted octanol–water partition coefficient (Wildman–Crippen LogP) is 3.79. The molecule has 0 bridgehead atoms. The second-order valence-electron chi connectivity index (χ2n) is 5.45. The molecule has 0 aliphatic carbocycles. The second kappa shape index (κ2) is 5.82. The first-order chi connectivity index (χ1) is 9.27. The lowest BCUT2D eigenvalue weighted by atomic mass is 10.0. The molecule has 0 saturated carbocycles. The highest BCUT2D eigenvalue weighted by molar-refractivity contribution is 6.30. The Kier molecular flexibility index (Phi) is 4.49. The smallest absolute Gasteiger partial charge is 0.369 e. The van der Waals surface area contributed by atoms with Gasteiger partial charge in [-0.15, -0.1) is 0 Å². The Balaban J connectivity index is 2.26. The number of piperazine rings is 1. The number of hydrogen-bond acceptors (Lipinski definition) is 2. The highest BCUT2D eigenvalue weighted by Crippen LogP contribution is 2.34. The molecule has 1 aromatic rings. The molecule has 1 aromatic carbocycles. The largest absolute Gasteiger partial charge is 0.416 e. The maximum Gasteiger partial charge on any atom is 0.416 e. The molecule has 1 heterocycles. The van der Waals surface area contributed by atoms with E-state index in [0.717, 1.165) is 12.6 Å². The van der Waals surface area contributed by atoms with Crippen LogP contribution in [0.2, 0.25) is 5.02 Å². The Morgan fingerprint density at radius 3 is 2.60 bits per heavy atom. The summed E-state index contributed by atoms with van der Waals surface area (Å²) in [7, 11) is 0. The first kappa shape index (κ1) is 15.4. The van der Waals surface area contributed by atoms with E-state index in [4.69, 9.17) is 11.6 Å². The summed E-state index contributed by atoms with van der Waals surface area (Å²) in [6, 6.07) is 4.01. The van der Waals surface area contributed by atoms with Crippen molar-refractivity contribution in [2.75, 3.05) is 24.5 Å². The molecule has 6 heteroatoms. The van der Waals surface area contributed by atoms with Gasteiger partial charge in [0.25, 0.3) is 0 Å². The molecule has 0 radical (unpaired) electrons. The summed E-state index contributed by atoms with van der Waals surface area (Å²) in [5.74, 6) is 0.430. The third kappa shape index (κ3) is 3.58. The van der Waals surface area contributed by atoms with Crippen LogP contribution in [-0.4, -0.2) is 25.7 Å². The van der Waals surface area contributed by atoms with Crippen LogP contribution in [0.3, 0.4) is 0 Å². The zero-order valence-electron chi connectivity index (χ0n) is 11.5. The Bertz CT molecular complexity index is 474. The Hall–Kier alpha value is -0.940. The number of anilines is 1. The standard InChI is InChI=1S/C14H18ClF3N2/c1-9(2)13-8-20(4-3-19-13)12-6-10(14(16,17)18)5-11(15)7-12/h5-7,9,13,19H,3-4,8H2,1-2H3. The summed E-state index contributed by atoms with van der Waals surface area (Å²) < 4.78 is 38.5. The lowest BCUT2D eigenvalue weighted by Crippen LogP contribution is -2.53. The van der Waals surface area contributed by atoms with E-state index in [1.807, 2.05) is 4.90 Å². The molecule has 1 aliphatic heterocycles. The molecule has 1 N–H and O–H groups in total. The average Bonchev–Trinajstić information content (AvgIpc) is 2.37. The molecule has 1 aliphatic rings. The molecular formula is C14H18ClF3N2. The minimum Gasteiger partial charge on any atom is -0.369 e. The topological polar surface area (TPSA) is 15.3 Å². The fourth-order valence-electron chi connectivity index (χ4n) is 2.38. The molecular weight excluding hydrogens is 289 g/mol. The van der Waals surface area contributed by atoms with Gasteiger partial charge in [0, 0.05) is 36.4 Å². The summed E-state index contributed by atoms with van der Waals surface area (Å²) in [5.41, 5.74) is -0.156. The maximum absolute atomic E-state index is 12.8. The summed E-state index contributed by atoms with van der Waals surface area (Å²) in [5, 5.41) is 3.50. The van der Waals surface area contributed by atoms with Crippen molar-refractivity contribution < 1.29 is 13.2 Å². The minimum absolute atomic E-state index is 0.120. The number of alkyl halides is 3. The van der Waals surface area contributed by atoms with Crippen LogP contribution < -0.4 is 10.2 Å². The Labute approximate surface area is 121 Å². The lowest BCUT2D eigenvalue weighted by Gasteiger charge is -2.37. The maximum atomic E-state index is 12.8. The van der Waals surface area contributed by atoms with Gasteiger partial charge in [-0.1, -0.05) is 25.4 Å². The third-order valence-electron chi connectivity index (χ3n) is 3.59. The van der Waals surface area contributed by atoms with Gasteiger partial charge in [-0.05, 0) is 24.1 Å². The first-order valence-electron chi connectivity index (χ1n) is 6.63. The first-order valence-corrected chi connectivity index (χ1v) is 7.01. The van der Waals surface area contributed by atoms with Gasteiger partial charge >= 0.3 is 6.18 Å². The summed E-state index contributed by atoms with van der Waals surface area (Å²) >= 11 is 5.83. The molecule has 2 rings (SSSR count). The number of rotatable bonds is 2. The van der Waals surface area contributed by atoms with Gasteiger partial charge in [-0.25, -0.2) is 0 Å². The van der Waals surface area contributed by atoms with Crippen LogP contribution in [0.15, 0.2) is 18.2 Å². The molecule has 0 amide bonds. The quantitative estimate of drug-likeness (QED) is 0.894. The predicted molar refractivity (Wildman–Crippen MR) is 75.3 cm³/mol. The number of halogens is 4. The van der Waals surface area contributed by atoms with E-state index in [-0.39, 0.29) is 11.1 Å². The van der Waals surface area contributed by atoms with Gasteiger partial charge in [-0.3, -0.25) is 0 Å². The number of hydrogen-bond donors (Lipinski definition) is 1. The van der Waals surface area contributed by atoms with Crippen molar-refractivity contribution in [2.24, 2.45) is 5.92 Å². The Morgan fingerprint density at radius 1 is 1.30 bits per heavy atom. The highest BCUT2D eigenvalue weighted by Gasteiger charge is 2.32. The van der Waals surface area contributed by atoms with Crippen molar-refractivity contribution >= 4 is 17.3 Å². The van der Waals surface area contributed by atoms with Crippen LogP contribution >= 0.6 is 11.6 Å². The van der Waals surface area contributed by atoms with Gasteiger partial charge in [0.15, 0.2) is 0 Å². The van der Waals surface area contributed by atoms with Gasteiger partial charge < -0.3 is 10.2 Å². The van der Waals surface area contributed by atoms with E-state index in [1.165, 1.54) is 6.07 Å². The zero-order valence-corrected chi connectivity index (χ0v) is 12.2. The Morgan fingerprint density at radius 2 is 2.00 bits per heavy atom. The van der Waals surface area contributed by atoms with E-state index in [9.17, 15) is 13.2 Å². The monoisotopic (exact) mass is 306 g/mol. The summed E-state index contributed by atoms with van der Waals surface area (Å²) in [4.78, 5) is 1.96. The normalized spacial score (nSPS) is 20.6. The lowest BCUT2D eigenvalue weighted by molar-refractivity contribution is -0.137. The van der Waals surface area contributed by atoms with Gasteiger partial charge in [-0.2, -0.15) is 13.2 Å². The van der Waals surface area contributed by atoms with Crippen molar-refractivity contribution in [2.45, 2.75) is 26.1 Å². The van der Waals surface area contributed by atoms with Crippen LogP contribution in [0.5, 0.6) is 0 Å². The van der Waals surface area contributed by atoms with E-state index in [1.54, 1.807) is 6.07 Å². The highest BCUT2D eigenvalue weighted by atomic mass is 35.5. The van der Waals surface area contributed by atoms with E-state index >= 15 is 0 Å². The second-order valence-corrected chi connectivity index (χ2v) is 5.88. The summed E-state index contributed by atoms with van der Waals surface area (Å²) in [6.45, 7) is 6.33. The van der Waals surface area contributed by atoms with Gasteiger partial charge in [0.05, 0.1) is 5.56 Å². The van der Waals surface area contributed by atoms with Gasteiger partial charge in [0.1, 0.15) is 0 Å². The van der Waals surface area contributed by atoms with Crippen molar-refractivity contribution in [3.63, 3.8) is 0 Å². The number of benzene rings is 1. The molecule has 1 unspecified atom stereocenters. The molecule has 1 saturated heterocycles. The molecule has 2 nitrogen and oxygen atoms in total. The molecule has 20 heavy (non-hydrogen) atoms. The van der Waals surface area contributed by atoms with Crippen LogP contribution in [0, 0.1) is 5.92 Å². The van der Waals surface area contributed by atoms with Crippen LogP contribution in [-0.2, 0) is 6.18 Å². The van der Waals surface area contributed by atoms with Crippen LogP contribution in [0.25, 0.3) is 0 Å². The van der Waals surface area contributed by atoms with Crippen LogP contribution in [0.1, 0.15) is 19.4 Å². The molecule has 112 valence electrons. The number of nitrogens with zero attached hydrogens (tertiary/aromatic N) is 1. The minimum atomic E-state index is -4.37. The van der Waals surface area contributed by atoms with E-state index in [0.29, 0.717) is 24.7 Å². The van der Waals surface area contributed by atoms with Crippen LogP contribution in [0.4, 0.5) is 18.9 Å². The molecule has 0 aromatic heterocycles. The SMILES string of the molecule is CC(C)C1CN(c2cc(Cl)cc(C(F)(F)F)c2)CCN1. The molecule has 1 fully saturated rings. The summed E-state index contributed by atoms with van der Waals surface area (Å²) in [6.07, 6.45) is -4.37. The van der Waals surface area contributed by atoms with Crippen molar-refractivity contribution in [3.05, 3.63) is 28.8 Å². The van der Waals surface area contributed by atoms with Crippen molar-refractivity contribution in [1.29, 1.82) is 0 Å². The zero-order chi connectivity index (χ0) is 14.9. The van der Waals surface area contributed by atoms with Gasteiger partial charge in [0.2, 0.25) is 0 Å².